The summed E-state index contributed by atoms with van der Waals surface area (Å²) in [7, 11) is 5.26. The molecule has 6 heteroatoms. The van der Waals surface area contributed by atoms with Crippen molar-refractivity contribution in [1.29, 1.82) is 0 Å². The van der Waals surface area contributed by atoms with Crippen LogP contribution in [-0.2, 0) is 11.3 Å². The molecule has 2 rings (SSSR count). The number of benzene rings is 1. The number of halogens is 1. The number of nitrogens with one attached hydrogen (secondary N) is 1. The standard InChI is InChI=1S/C15H22BrN3O2/c1-18(2)15(20)13-9-17-6-7-19(13)10-11-4-5-14(21-3)12(16)8-11/h4-5,8,13,17H,6-7,9-10H2,1-3H3. The van der Waals surface area contributed by atoms with Crippen LogP contribution in [-0.4, -0.2) is 62.6 Å². The van der Waals surface area contributed by atoms with Crippen molar-refractivity contribution < 1.29 is 9.53 Å². The first-order valence-corrected chi connectivity index (χ1v) is 7.80. The van der Waals surface area contributed by atoms with Gasteiger partial charge < -0.3 is 15.0 Å². The number of likely N-dealkylation sites (N-methyl/N-ethyl adjacent to an activating group) is 1. The lowest BCUT2D eigenvalue weighted by molar-refractivity contribution is -0.135. The second kappa shape index (κ2) is 7.24. The molecule has 1 unspecified atom stereocenters. The van der Waals surface area contributed by atoms with E-state index in [0.29, 0.717) is 6.54 Å². The molecule has 1 N–H and O–H groups in total. The number of carbonyl (C=O) groups is 1. The van der Waals surface area contributed by atoms with Crippen LogP contribution in [0.25, 0.3) is 0 Å². The fourth-order valence-corrected chi connectivity index (χ4v) is 3.11. The average molecular weight is 356 g/mol. The number of ether oxygens (including phenoxy) is 1. The van der Waals surface area contributed by atoms with Gasteiger partial charge in [-0.15, -0.1) is 0 Å². The van der Waals surface area contributed by atoms with Crippen LogP contribution in [0.15, 0.2) is 22.7 Å². The Balaban J connectivity index is 2.12. The fourth-order valence-electron chi connectivity index (χ4n) is 2.52. The average Bonchev–Trinajstić information content (AvgIpc) is 2.47. The number of rotatable bonds is 4. The summed E-state index contributed by atoms with van der Waals surface area (Å²) >= 11 is 3.51. The Morgan fingerprint density at radius 2 is 2.29 bits per heavy atom. The highest BCUT2D eigenvalue weighted by atomic mass is 79.9. The molecule has 1 heterocycles. The molecule has 0 bridgehead atoms. The molecule has 0 spiro atoms. The van der Waals surface area contributed by atoms with Crippen LogP contribution in [0.2, 0.25) is 0 Å². The minimum Gasteiger partial charge on any atom is -0.496 e. The summed E-state index contributed by atoms with van der Waals surface area (Å²) in [5.74, 6) is 0.967. The first kappa shape index (κ1) is 16.3. The van der Waals surface area contributed by atoms with Crippen molar-refractivity contribution >= 4 is 21.8 Å². The molecule has 1 aromatic rings. The maximum Gasteiger partial charge on any atom is 0.240 e. The van der Waals surface area contributed by atoms with Gasteiger partial charge in [0.05, 0.1) is 11.6 Å². The molecule has 1 aliphatic rings. The summed E-state index contributed by atoms with van der Waals surface area (Å²) in [4.78, 5) is 16.2. The van der Waals surface area contributed by atoms with Crippen LogP contribution >= 0.6 is 15.9 Å². The molecule has 116 valence electrons. The highest BCUT2D eigenvalue weighted by molar-refractivity contribution is 9.10. The molecule has 1 amide bonds. The second-order valence-electron chi connectivity index (χ2n) is 5.39. The van der Waals surface area contributed by atoms with Gasteiger partial charge in [0.1, 0.15) is 11.8 Å². The van der Waals surface area contributed by atoms with Crippen molar-refractivity contribution in [2.75, 3.05) is 40.8 Å². The molecule has 1 saturated heterocycles. The van der Waals surface area contributed by atoms with Crippen LogP contribution < -0.4 is 10.1 Å². The van der Waals surface area contributed by atoms with Gasteiger partial charge in [-0.25, -0.2) is 0 Å². The summed E-state index contributed by atoms with van der Waals surface area (Å²) in [6, 6.07) is 5.94. The lowest BCUT2D eigenvalue weighted by atomic mass is 10.1. The van der Waals surface area contributed by atoms with E-state index in [1.54, 1.807) is 26.1 Å². The third-order valence-electron chi connectivity index (χ3n) is 3.68. The molecule has 1 atom stereocenters. The molecule has 0 aromatic heterocycles. The number of methoxy groups -OCH3 is 1. The summed E-state index contributed by atoms with van der Waals surface area (Å²) in [5.41, 5.74) is 1.17. The molecule has 21 heavy (non-hydrogen) atoms. The molecular formula is C15H22BrN3O2. The topological polar surface area (TPSA) is 44.8 Å². The Hall–Kier alpha value is -1.11. The van der Waals surface area contributed by atoms with Gasteiger partial charge in [0.25, 0.3) is 0 Å². The van der Waals surface area contributed by atoms with Gasteiger partial charge in [-0.2, -0.15) is 0 Å². The van der Waals surface area contributed by atoms with E-state index in [0.717, 1.165) is 29.9 Å². The fraction of sp³-hybridized carbons (Fsp3) is 0.533. The highest BCUT2D eigenvalue weighted by Crippen LogP contribution is 2.26. The van der Waals surface area contributed by atoms with E-state index >= 15 is 0 Å². The zero-order chi connectivity index (χ0) is 15.4. The van der Waals surface area contributed by atoms with E-state index in [9.17, 15) is 4.79 Å². The summed E-state index contributed by atoms with van der Waals surface area (Å²) in [6.45, 7) is 3.24. The van der Waals surface area contributed by atoms with Crippen LogP contribution in [0.5, 0.6) is 5.75 Å². The molecule has 1 fully saturated rings. The zero-order valence-electron chi connectivity index (χ0n) is 12.7. The third-order valence-corrected chi connectivity index (χ3v) is 4.30. The largest absolute Gasteiger partial charge is 0.496 e. The van der Waals surface area contributed by atoms with Crippen LogP contribution in [0.4, 0.5) is 0 Å². The van der Waals surface area contributed by atoms with Gasteiger partial charge >= 0.3 is 0 Å². The van der Waals surface area contributed by atoms with E-state index in [-0.39, 0.29) is 11.9 Å². The molecular weight excluding hydrogens is 334 g/mol. The highest BCUT2D eigenvalue weighted by Gasteiger charge is 2.29. The van der Waals surface area contributed by atoms with Gasteiger partial charge in [0.2, 0.25) is 5.91 Å². The summed E-state index contributed by atoms with van der Waals surface area (Å²) in [5, 5.41) is 3.30. The van der Waals surface area contributed by atoms with Gasteiger partial charge in [-0.05, 0) is 33.6 Å². The Morgan fingerprint density at radius 3 is 2.90 bits per heavy atom. The van der Waals surface area contributed by atoms with Gasteiger partial charge in [-0.1, -0.05) is 6.07 Å². The summed E-state index contributed by atoms with van der Waals surface area (Å²) < 4.78 is 6.19. The lowest BCUT2D eigenvalue weighted by Gasteiger charge is -2.36. The monoisotopic (exact) mass is 355 g/mol. The van der Waals surface area contributed by atoms with Gasteiger partial charge in [0.15, 0.2) is 0 Å². The number of piperazine rings is 1. The van der Waals surface area contributed by atoms with Crippen LogP contribution in [0.1, 0.15) is 5.56 Å². The van der Waals surface area contributed by atoms with E-state index in [4.69, 9.17) is 4.74 Å². The number of hydrogen-bond acceptors (Lipinski definition) is 4. The van der Waals surface area contributed by atoms with Gasteiger partial charge in [-0.3, -0.25) is 9.69 Å². The zero-order valence-corrected chi connectivity index (χ0v) is 14.3. The molecule has 0 saturated carbocycles. The smallest absolute Gasteiger partial charge is 0.240 e. The number of carbonyl (C=O) groups excluding carboxylic acids is 1. The molecule has 0 radical (unpaired) electrons. The van der Waals surface area contributed by atoms with Crippen molar-refractivity contribution in [2.24, 2.45) is 0 Å². The van der Waals surface area contributed by atoms with Crippen molar-refractivity contribution in [2.45, 2.75) is 12.6 Å². The maximum absolute atomic E-state index is 12.3. The molecule has 1 aliphatic heterocycles. The first-order valence-electron chi connectivity index (χ1n) is 7.01. The predicted molar refractivity (Wildman–Crippen MR) is 86.5 cm³/mol. The number of nitrogens with zero attached hydrogens (tertiary/aromatic N) is 2. The minimum atomic E-state index is -0.102. The predicted octanol–water partition coefficient (Wildman–Crippen LogP) is 1.32. The third kappa shape index (κ3) is 3.96. The van der Waals surface area contributed by atoms with Crippen molar-refractivity contribution in [3.63, 3.8) is 0 Å². The van der Waals surface area contributed by atoms with Crippen LogP contribution in [0, 0.1) is 0 Å². The quantitative estimate of drug-likeness (QED) is 0.884. The van der Waals surface area contributed by atoms with E-state index < -0.39 is 0 Å². The molecule has 1 aromatic carbocycles. The molecule has 0 aliphatic carbocycles. The Bertz CT molecular complexity index is 508. The van der Waals surface area contributed by atoms with Gasteiger partial charge in [0, 0.05) is 40.3 Å². The van der Waals surface area contributed by atoms with E-state index in [2.05, 4.69) is 32.2 Å². The minimum absolute atomic E-state index is 0.102. The molecule has 5 nitrogen and oxygen atoms in total. The van der Waals surface area contributed by atoms with E-state index in [1.807, 2.05) is 12.1 Å². The number of hydrogen-bond donors (Lipinski definition) is 1. The van der Waals surface area contributed by atoms with Crippen LogP contribution in [0.3, 0.4) is 0 Å². The van der Waals surface area contributed by atoms with Crippen molar-refractivity contribution in [3.8, 4) is 5.75 Å². The van der Waals surface area contributed by atoms with Crippen molar-refractivity contribution in [3.05, 3.63) is 28.2 Å². The lowest BCUT2D eigenvalue weighted by Crippen LogP contribution is -2.57. The SMILES string of the molecule is COc1ccc(CN2CCNCC2C(=O)N(C)C)cc1Br. The normalized spacial score (nSPS) is 19.3. The van der Waals surface area contributed by atoms with Crippen molar-refractivity contribution in [1.82, 2.24) is 15.1 Å². The Kier molecular flexibility index (Phi) is 5.61. The Labute approximate surface area is 134 Å². The maximum atomic E-state index is 12.3. The second-order valence-corrected chi connectivity index (χ2v) is 6.25. The number of amides is 1. The summed E-state index contributed by atoms with van der Waals surface area (Å²) in [6.07, 6.45) is 0. The Morgan fingerprint density at radius 1 is 1.52 bits per heavy atom. The first-order chi connectivity index (χ1) is 10.0. The van der Waals surface area contributed by atoms with E-state index in [1.165, 1.54) is 5.56 Å².